The van der Waals surface area contributed by atoms with Crippen molar-refractivity contribution in [2.45, 2.75) is 18.8 Å². The summed E-state index contributed by atoms with van der Waals surface area (Å²) in [6.07, 6.45) is 0.988. The molecule has 10 nitrogen and oxygen atoms in total. The number of thiophene rings is 1. The second-order valence-corrected chi connectivity index (χ2v) is 9.73. The molecule has 5 rings (SSSR count). The fourth-order valence-corrected chi connectivity index (χ4v) is 4.80. The van der Waals surface area contributed by atoms with E-state index >= 15 is 0 Å². The highest BCUT2D eigenvalue weighted by atomic mass is 32.1. The number of amides is 1. The van der Waals surface area contributed by atoms with Crippen LogP contribution in [0.2, 0.25) is 0 Å². The van der Waals surface area contributed by atoms with Gasteiger partial charge in [0.25, 0.3) is 5.91 Å². The van der Waals surface area contributed by atoms with E-state index in [2.05, 4.69) is 5.10 Å². The second-order valence-electron chi connectivity index (χ2n) is 8.95. The molecule has 36 heavy (non-hydrogen) atoms. The number of methoxy groups -OCH3 is 1. The number of carbonyl (C=O) groups excluding carboxylic acids is 1. The van der Waals surface area contributed by atoms with Crippen molar-refractivity contribution in [1.29, 1.82) is 0 Å². The van der Waals surface area contributed by atoms with Gasteiger partial charge in [0.15, 0.2) is 5.69 Å². The van der Waals surface area contributed by atoms with E-state index < -0.39 is 30.9 Å². The first-order valence-electron chi connectivity index (χ1n) is 11.3. The zero-order valence-electron chi connectivity index (χ0n) is 20.4. The third-order valence-corrected chi connectivity index (χ3v) is 7.27. The highest BCUT2D eigenvalue weighted by Crippen LogP contribution is 2.46. The molecule has 0 bridgehead atoms. The molecule has 2 N–H and O–H groups in total. The third-order valence-electron chi connectivity index (χ3n) is 6.60. The second kappa shape index (κ2) is 9.17. The SMILES string of the molecule is COC1Oc2ccc(-c3ccn(C)n3)cc2-c2c1c(C(=O)N(C)C(C)(CO)CO)nn2-c1ccsc1. The Balaban J connectivity index is 1.74. The normalized spacial score (nSPS) is 14.8. The Kier molecular flexibility index (Phi) is 6.17. The van der Waals surface area contributed by atoms with Crippen molar-refractivity contribution in [2.24, 2.45) is 7.05 Å². The average molecular weight is 510 g/mol. The molecule has 188 valence electrons. The molecule has 1 aromatic carbocycles. The predicted molar refractivity (Wildman–Crippen MR) is 134 cm³/mol. The Labute approximate surface area is 211 Å². The molecule has 1 aliphatic heterocycles. The van der Waals surface area contributed by atoms with Crippen LogP contribution in [-0.2, 0) is 11.8 Å². The van der Waals surface area contributed by atoms with Gasteiger partial charge in [-0.3, -0.25) is 9.48 Å². The van der Waals surface area contributed by atoms with Crippen molar-refractivity contribution in [3.8, 4) is 34.0 Å². The molecule has 0 saturated heterocycles. The molecule has 0 spiro atoms. The number of ether oxygens (including phenoxy) is 2. The first-order chi connectivity index (χ1) is 17.3. The summed E-state index contributed by atoms with van der Waals surface area (Å²) in [5.74, 6) is 0.120. The van der Waals surface area contributed by atoms with Crippen LogP contribution in [0.5, 0.6) is 5.75 Å². The maximum Gasteiger partial charge on any atom is 0.275 e. The zero-order valence-corrected chi connectivity index (χ0v) is 21.2. The molecule has 0 saturated carbocycles. The maximum atomic E-state index is 13.7. The van der Waals surface area contributed by atoms with Gasteiger partial charge >= 0.3 is 0 Å². The van der Waals surface area contributed by atoms with Crippen LogP contribution < -0.4 is 4.74 Å². The summed E-state index contributed by atoms with van der Waals surface area (Å²) in [6, 6.07) is 9.60. The van der Waals surface area contributed by atoms with Gasteiger partial charge in [0.2, 0.25) is 6.29 Å². The molecule has 1 amide bonds. The summed E-state index contributed by atoms with van der Waals surface area (Å²) in [5, 5.41) is 32.9. The van der Waals surface area contributed by atoms with Gasteiger partial charge in [-0.2, -0.15) is 21.5 Å². The van der Waals surface area contributed by atoms with Crippen molar-refractivity contribution in [3.05, 3.63) is 58.5 Å². The number of carbonyl (C=O) groups is 1. The first kappa shape index (κ1) is 24.2. The fourth-order valence-electron chi connectivity index (χ4n) is 4.19. The maximum absolute atomic E-state index is 13.7. The predicted octanol–water partition coefficient (Wildman–Crippen LogP) is 2.85. The number of nitrogens with zero attached hydrogens (tertiary/aromatic N) is 5. The molecule has 4 aromatic rings. The summed E-state index contributed by atoms with van der Waals surface area (Å²) < 4.78 is 15.3. The van der Waals surface area contributed by atoms with Crippen LogP contribution in [0.1, 0.15) is 29.3 Å². The van der Waals surface area contributed by atoms with Crippen molar-refractivity contribution >= 4 is 17.2 Å². The topological polar surface area (TPSA) is 115 Å². The smallest absolute Gasteiger partial charge is 0.275 e. The number of aliphatic hydroxyl groups excluding tert-OH is 2. The van der Waals surface area contributed by atoms with Gasteiger partial charge in [0.05, 0.1) is 41.4 Å². The summed E-state index contributed by atoms with van der Waals surface area (Å²) >= 11 is 1.51. The quantitative estimate of drug-likeness (QED) is 0.394. The number of rotatable bonds is 7. The van der Waals surface area contributed by atoms with E-state index in [4.69, 9.17) is 14.6 Å². The monoisotopic (exact) mass is 509 g/mol. The van der Waals surface area contributed by atoms with E-state index in [9.17, 15) is 15.0 Å². The van der Waals surface area contributed by atoms with Crippen LogP contribution in [0.3, 0.4) is 0 Å². The fraction of sp³-hybridized carbons (Fsp3) is 0.320. The molecule has 3 aromatic heterocycles. The lowest BCUT2D eigenvalue weighted by molar-refractivity contribution is -0.0585. The molecule has 4 heterocycles. The van der Waals surface area contributed by atoms with Gasteiger partial charge in [0.1, 0.15) is 5.75 Å². The van der Waals surface area contributed by atoms with Crippen molar-refractivity contribution in [3.63, 3.8) is 0 Å². The number of hydrogen-bond acceptors (Lipinski definition) is 8. The van der Waals surface area contributed by atoms with E-state index in [0.29, 0.717) is 17.0 Å². The number of benzene rings is 1. The third kappa shape index (κ3) is 3.80. The average Bonchev–Trinajstić information content (AvgIpc) is 3.66. The molecule has 1 aliphatic rings. The number of fused-ring (bicyclic) bond motifs is 3. The van der Waals surface area contributed by atoms with Gasteiger partial charge in [-0.1, -0.05) is 0 Å². The van der Waals surface area contributed by atoms with E-state index in [1.165, 1.54) is 30.4 Å². The number of aryl methyl sites for hydroxylation is 1. The molecule has 1 unspecified atom stereocenters. The Hall–Kier alpha value is -3.51. The van der Waals surface area contributed by atoms with Gasteiger partial charge in [-0.15, -0.1) is 0 Å². The van der Waals surface area contributed by atoms with Crippen molar-refractivity contribution in [1.82, 2.24) is 24.5 Å². The van der Waals surface area contributed by atoms with Crippen molar-refractivity contribution in [2.75, 3.05) is 27.4 Å². The highest BCUT2D eigenvalue weighted by molar-refractivity contribution is 7.08. The lowest BCUT2D eigenvalue weighted by atomic mass is 9.97. The van der Waals surface area contributed by atoms with Crippen molar-refractivity contribution < 1.29 is 24.5 Å². The minimum absolute atomic E-state index is 0.118. The van der Waals surface area contributed by atoms with Gasteiger partial charge in [0, 0.05) is 43.9 Å². The Morgan fingerprint density at radius 1 is 1.25 bits per heavy atom. The molecule has 1 atom stereocenters. The van der Waals surface area contributed by atoms with Crippen LogP contribution in [0, 0.1) is 0 Å². The van der Waals surface area contributed by atoms with E-state index in [0.717, 1.165) is 22.5 Å². The number of hydrogen-bond donors (Lipinski definition) is 2. The number of aromatic nitrogens is 4. The van der Waals surface area contributed by atoms with Gasteiger partial charge < -0.3 is 24.6 Å². The summed E-state index contributed by atoms with van der Waals surface area (Å²) in [5.41, 5.74) is 3.30. The van der Waals surface area contributed by atoms with Crippen LogP contribution in [0.15, 0.2) is 47.3 Å². The largest absolute Gasteiger partial charge is 0.460 e. The molecule has 0 fully saturated rings. The van der Waals surface area contributed by atoms with Crippen LogP contribution >= 0.6 is 11.3 Å². The molecular weight excluding hydrogens is 482 g/mol. The summed E-state index contributed by atoms with van der Waals surface area (Å²) in [6.45, 7) is 0.769. The van der Waals surface area contributed by atoms with Gasteiger partial charge in [-0.25, -0.2) is 4.68 Å². The van der Waals surface area contributed by atoms with E-state index in [1.807, 2.05) is 54.3 Å². The molecule has 11 heteroatoms. The lowest BCUT2D eigenvalue weighted by Gasteiger charge is -2.35. The Morgan fingerprint density at radius 2 is 2.03 bits per heavy atom. The Bertz CT molecular complexity index is 1410. The van der Waals surface area contributed by atoms with Crippen LogP contribution in [-0.4, -0.2) is 73.5 Å². The summed E-state index contributed by atoms with van der Waals surface area (Å²) in [7, 11) is 4.90. The number of aliphatic hydroxyl groups is 2. The van der Waals surface area contributed by atoms with Gasteiger partial charge in [-0.05, 0) is 42.6 Å². The van der Waals surface area contributed by atoms with Crippen LogP contribution in [0.4, 0.5) is 0 Å². The summed E-state index contributed by atoms with van der Waals surface area (Å²) in [4.78, 5) is 15.0. The first-order valence-corrected chi connectivity index (χ1v) is 12.2. The van der Waals surface area contributed by atoms with Crippen LogP contribution in [0.25, 0.3) is 28.2 Å². The lowest BCUT2D eigenvalue weighted by Crippen LogP contribution is -2.53. The van der Waals surface area contributed by atoms with E-state index in [-0.39, 0.29) is 5.69 Å². The minimum atomic E-state index is -1.18. The Morgan fingerprint density at radius 3 is 2.64 bits per heavy atom. The van der Waals surface area contributed by atoms with E-state index in [1.54, 1.807) is 16.3 Å². The molecular formula is C25H27N5O5S. The minimum Gasteiger partial charge on any atom is -0.460 e. The number of likely N-dealkylation sites (N-methyl/N-ethyl adjacent to an activating group) is 1. The molecule has 0 radical (unpaired) electrons. The zero-order chi connectivity index (χ0) is 25.6. The molecule has 0 aliphatic carbocycles. The highest BCUT2D eigenvalue weighted by Gasteiger charge is 2.40. The standard InChI is InChI=1S/C25H27N5O5S/c1-25(13-31,14-32)29(3)23(33)21-20-22(30(27-21)16-8-10-36-12-16)17-11-15(18-7-9-28(2)26-18)5-6-19(17)35-24(20)34-4/h5-12,24,31-32H,13-14H2,1-4H3.